The predicted octanol–water partition coefficient (Wildman–Crippen LogP) is 3.07. The molecule has 0 amide bonds. The van der Waals surface area contributed by atoms with E-state index in [1.165, 1.54) is 24.8 Å². The van der Waals surface area contributed by atoms with Crippen LogP contribution in [0.2, 0.25) is 0 Å². The number of nitrogens with zero attached hydrogens (tertiary/aromatic N) is 2. The normalized spacial score (nSPS) is 23.1. The molecule has 1 aromatic heterocycles. The summed E-state index contributed by atoms with van der Waals surface area (Å²) in [4.78, 5) is 8.75. The van der Waals surface area contributed by atoms with Crippen molar-refractivity contribution >= 4 is 11.6 Å². The molecule has 1 saturated carbocycles. The maximum absolute atomic E-state index is 4.44. The maximum atomic E-state index is 4.44. The van der Waals surface area contributed by atoms with Crippen molar-refractivity contribution in [3.05, 3.63) is 11.9 Å². The fourth-order valence-electron chi connectivity index (χ4n) is 2.77. The van der Waals surface area contributed by atoms with E-state index >= 15 is 0 Å². The third kappa shape index (κ3) is 2.74. The van der Waals surface area contributed by atoms with Crippen LogP contribution in [0.4, 0.5) is 11.6 Å². The Morgan fingerprint density at radius 1 is 1.28 bits per heavy atom. The minimum atomic E-state index is 0.570. The zero-order chi connectivity index (χ0) is 13.0. The average Bonchev–Trinajstić information content (AvgIpc) is 2.77. The lowest BCUT2D eigenvalue weighted by Crippen LogP contribution is -2.23. The molecule has 1 aliphatic carbocycles. The number of hydrogen-bond acceptors (Lipinski definition) is 4. The average molecular weight is 248 g/mol. The summed E-state index contributed by atoms with van der Waals surface area (Å²) in [5.41, 5.74) is 1.22. The van der Waals surface area contributed by atoms with Gasteiger partial charge < -0.3 is 10.6 Å². The SMILES string of the molecule is CCCc1c(NC)ncnc1NC1CCCC1C. The summed E-state index contributed by atoms with van der Waals surface area (Å²) in [5, 5.41) is 6.79. The number of hydrogen-bond donors (Lipinski definition) is 2. The van der Waals surface area contributed by atoms with E-state index in [0.29, 0.717) is 6.04 Å². The van der Waals surface area contributed by atoms with Gasteiger partial charge in [0.2, 0.25) is 0 Å². The van der Waals surface area contributed by atoms with Gasteiger partial charge in [0.1, 0.15) is 18.0 Å². The lowest BCUT2D eigenvalue weighted by atomic mass is 10.1. The molecule has 2 unspecified atom stereocenters. The van der Waals surface area contributed by atoms with Crippen LogP contribution in [0.1, 0.15) is 45.1 Å². The molecule has 4 heteroatoms. The molecule has 4 nitrogen and oxygen atoms in total. The Kier molecular flexibility index (Phi) is 4.39. The van der Waals surface area contributed by atoms with E-state index in [1.807, 2.05) is 7.05 Å². The first kappa shape index (κ1) is 13.1. The molecule has 2 atom stereocenters. The van der Waals surface area contributed by atoms with Gasteiger partial charge in [0.05, 0.1) is 0 Å². The highest BCUT2D eigenvalue weighted by Crippen LogP contribution is 2.30. The second-order valence-corrected chi connectivity index (χ2v) is 5.21. The molecule has 1 heterocycles. The van der Waals surface area contributed by atoms with Crippen molar-refractivity contribution in [2.45, 2.75) is 52.0 Å². The number of nitrogens with one attached hydrogen (secondary N) is 2. The van der Waals surface area contributed by atoms with E-state index in [2.05, 4.69) is 34.4 Å². The molecular weight excluding hydrogens is 224 g/mol. The first-order valence-corrected chi connectivity index (χ1v) is 7.04. The first-order chi connectivity index (χ1) is 8.76. The van der Waals surface area contributed by atoms with Gasteiger partial charge in [-0.1, -0.05) is 26.7 Å². The highest BCUT2D eigenvalue weighted by molar-refractivity contribution is 5.57. The van der Waals surface area contributed by atoms with Crippen LogP contribution in [0.25, 0.3) is 0 Å². The lowest BCUT2D eigenvalue weighted by Gasteiger charge is -2.21. The highest BCUT2D eigenvalue weighted by atomic mass is 15.1. The summed E-state index contributed by atoms with van der Waals surface area (Å²) in [6.07, 6.45) is 7.67. The zero-order valence-electron chi connectivity index (χ0n) is 11.7. The summed E-state index contributed by atoms with van der Waals surface area (Å²) >= 11 is 0. The third-order valence-corrected chi connectivity index (χ3v) is 3.87. The lowest BCUT2D eigenvalue weighted by molar-refractivity contribution is 0.554. The van der Waals surface area contributed by atoms with Gasteiger partial charge in [0, 0.05) is 18.7 Å². The number of aromatic nitrogens is 2. The van der Waals surface area contributed by atoms with E-state index in [-0.39, 0.29) is 0 Å². The fourth-order valence-corrected chi connectivity index (χ4v) is 2.77. The molecule has 1 aliphatic rings. The van der Waals surface area contributed by atoms with Crippen LogP contribution in [0.5, 0.6) is 0 Å². The van der Waals surface area contributed by atoms with E-state index in [0.717, 1.165) is 30.4 Å². The van der Waals surface area contributed by atoms with Crippen molar-refractivity contribution in [3.8, 4) is 0 Å². The molecule has 2 N–H and O–H groups in total. The van der Waals surface area contributed by atoms with Crippen LogP contribution >= 0.6 is 0 Å². The van der Waals surface area contributed by atoms with Crippen LogP contribution < -0.4 is 10.6 Å². The molecule has 2 rings (SSSR count). The van der Waals surface area contributed by atoms with Gasteiger partial charge in [-0.2, -0.15) is 0 Å². The quantitative estimate of drug-likeness (QED) is 0.841. The Labute approximate surface area is 110 Å². The maximum Gasteiger partial charge on any atom is 0.134 e. The van der Waals surface area contributed by atoms with Gasteiger partial charge in [-0.25, -0.2) is 9.97 Å². The largest absolute Gasteiger partial charge is 0.373 e. The minimum absolute atomic E-state index is 0.570. The van der Waals surface area contributed by atoms with Gasteiger partial charge in [-0.05, 0) is 25.2 Å². The molecule has 0 radical (unpaired) electrons. The summed E-state index contributed by atoms with van der Waals surface area (Å²) in [6, 6.07) is 0.570. The van der Waals surface area contributed by atoms with Crippen molar-refractivity contribution in [2.24, 2.45) is 5.92 Å². The van der Waals surface area contributed by atoms with Crippen molar-refractivity contribution < 1.29 is 0 Å². The number of rotatable bonds is 5. The second kappa shape index (κ2) is 6.03. The Morgan fingerprint density at radius 3 is 2.67 bits per heavy atom. The van der Waals surface area contributed by atoms with Crippen LogP contribution in [0, 0.1) is 5.92 Å². The van der Waals surface area contributed by atoms with Crippen molar-refractivity contribution in [2.75, 3.05) is 17.7 Å². The van der Waals surface area contributed by atoms with Crippen molar-refractivity contribution in [3.63, 3.8) is 0 Å². The Bertz CT molecular complexity index is 391. The molecule has 0 spiro atoms. The molecule has 0 aromatic carbocycles. The molecule has 18 heavy (non-hydrogen) atoms. The standard InChI is InChI=1S/C14H24N4/c1-4-6-11-13(15-3)16-9-17-14(11)18-12-8-5-7-10(12)2/h9-10,12H,4-8H2,1-3H3,(H2,15,16,17,18). The van der Waals surface area contributed by atoms with E-state index in [4.69, 9.17) is 0 Å². The molecule has 100 valence electrons. The topological polar surface area (TPSA) is 49.8 Å². The Balaban J connectivity index is 2.20. The van der Waals surface area contributed by atoms with Gasteiger partial charge in [-0.15, -0.1) is 0 Å². The first-order valence-electron chi connectivity index (χ1n) is 7.04. The second-order valence-electron chi connectivity index (χ2n) is 5.21. The van der Waals surface area contributed by atoms with Crippen LogP contribution in [-0.2, 0) is 6.42 Å². The minimum Gasteiger partial charge on any atom is -0.373 e. The molecule has 1 fully saturated rings. The van der Waals surface area contributed by atoms with E-state index in [9.17, 15) is 0 Å². The van der Waals surface area contributed by atoms with Crippen molar-refractivity contribution in [1.29, 1.82) is 0 Å². The van der Waals surface area contributed by atoms with Gasteiger partial charge in [0.25, 0.3) is 0 Å². The molecule has 0 bridgehead atoms. The van der Waals surface area contributed by atoms with Crippen LogP contribution in [0.3, 0.4) is 0 Å². The highest BCUT2D eigenvalue weighted by Gasteiger charge is 2.24. The summed E-state index contributed by atoms with van der Waals surface area (Å²) in [5.74, 6) is 2.72. The monoisotopic (exact) mass is 248 g/mol. The van der Waals surface area contributed by atoms with Gasteiger partial charge >= 0.3 is 0 Å². The molecule has 0 aliphatic heterocycles. The molecule has 0 saturated heterocycles. The van der Waals surface area contributed by atoms with Gasteiger partial charge in [-0.3, -0.25) is 0 Å². The van der Waals surface area contributed by atoms with Crippen molar-refractivity contribution in [1.82, 2.24) is 9.97 Å². The predicted molar refractivity (Wildman–Crippen MR) is 76.0 cm³/mol. The van der Waals surface area contributed by atoms with E-state index in [1.54, 1.807) is 6.33 Å². The Hall–Kier alpha value is -1.32. The van der Waals surface area contributed by atoms with Gasteiger partial charge in [0.15, 0.2) is 0 Å². The summed E-state index contributed by atoms with van der Waals surface area (Å²) in [7, 11) is 1.92. The molecule has 1 aromatic rings. The Morgan fingerprint density at radius 2 is 2.06 bits per heavy atom. The molecular formula is C14H24N4. The zero-order valence-corrected chi connectivity index (χ0v) is 11.7. The smallest absolute Gasteiger partial charge is 0.134 e. The van der Waals surface area contributed by atoms with Crippen LogP contribution in [0.15, 0.2) is 6.33 Å². The van der Waals surface area contributed by atoms with E-state index < -0.39 is 0 Å². The summed E-state index contributed by atoms with van der Waals surface area (Å²) in [6.45, 7) is 4.51. The number of anilines is 2. The summed E-state index contributed by atoms with van der Waals surface area (Å²) < 4.78 is 0. The van der Waals surface area contributed by atoms with Crippen LogP contribution in [-0.4, -0.2) is 23.1 Å². The third-order valence-electron chi connectivity index (χ3n) is 3.87. The fraction of sp³-hybridized carbons (Fsp3) is 0.714.